The second-order valence-electron chi connectivity index (χ2n) is 5.26. The molecule has 0 radical (unpaired) electrons. The van der Waals surface area contributed by atoms with Gasteiger partial charge < -0.3 is 5.73 Å². The van der Waals surface area contributed by atoms with Crippen molar-refractivity contribution in [2.75, 3.05) is 0 Å². The lowest BCUT2D eigenvalue weighted by atomic mass is 10.0. The number of pyridine rings is 1. The van der Waals surface area contributed by atoms with Crippen LogP contribution in [0.3, 0.4) is 0 Å². The number of hydrogen-bond donors (Lipinski definition) is 1. The van der Waals surface area contributed by atoms with Crippen molar-refractivity contribution in [2.24, 2.45) is 5.73 Å². The zero-order valence-electron chi connectivity index (χ0n) is 12.3. The molecule has 1 aromatic carbocycles. The topological polar surface area (TPSA) is 38.9 Å². The number of rotatable bonds is 5. The first-order valence-corrected chi connectivity index (χ1v) is 7.91. The van der Waals surface area contributed by atoms with Gasteiger partial charge in [-0.25, -0.2) is 0 Å². The van der Waals surface area contributed by atoms with Gasteiger partial charge in [-0.2, -0.15) is 0 Å². The van der Waals surface area contributed by atoms with Gasteiger partial charge in [0.05, 0.1) is 5.69 Å². The molecule has 2 rings (SSSR count). The van der Waals surface area contributed by atoms with Crippen LogP contribution >= 0.6 is 11.8 Å². The number of benzene rings is 1. The first-order valence-electron chi connectivity index (χ1n) is 7.09. The van der Waals surface area contributed by atoms with Crippen molar-refractivity contribution in [1.29, 1.82) is 0 Å². The Bertz CT molecular complexity index is 532. The molecule has 0 fully saturated rings. The minimum absolute atomic E-state index is 0.0411. The molecule has 0 saturated heterocycles. The number of hydrogen-bond acceptors (Lipinski definition) is 3. The lowest BCUT2D eigenvalue weighted by Crippen LogP contribution is -2.10. The van der Waals surface area contributed by atoms with Crippen molar-refractivity contribution >= 4 is 11.8 Å². The number of nitrogens with two attached hydrogens (primary N) is 1. The van der Waals surface area contributed by atoms with Crippen LogP contribution < -0.4 is 5.73 Å². The fourth-order valence-corrected chi connectivity index (χ4v) is 2.72. The molecule has 2 nitrogen and oxygen atoms in total. The maximum atomic E-state index is 5.97. The quantitative estimate of drug-likeness (QED) is 0.860. The van der Waals surface area contributed by atoms with E-state index in [1.807, 2.05) is 12.3 Å². The van der Waals surface area contributed by atoms with Gasteiger partial charge in [0.2, 0.25) is 0 Å². The SMILES string of the molecule is CCC(N)c1ccc(Sc2ccc(C(C)C)cc2)cn1. The summed E-state index contributed by atoms with van der Waals surface area (Å²) in [6.45, 7) is 6.49. The summed E-state index contributed by atoms with van der Waals surface area (Å²) in [7, 11) is 0. The van der Waals surface area contributed by atoms with E-state index < -0.39 is 0 Å². The van der Waals surface area contributed by atoms with Crippen LogP contribution in [-0.4, -0.2) is 4.98 Å². The van der Waals surface area contributed by atoms with Crippen LogP contribution in [0.2, 0.25) is 0 Å². The van der Waals surface area contributed by atoms with Crippen LogP contribution in [0, 0.1) is 0 Å². The Kier molecular flexibility index (Phi) is 5.21. The first-order chi connectivity index (χ1) is 9.60. The molecular weight excluding hydrogens is 264 g/mol. The Balaban J connectivity index is 2.06. The van der Waals surface area contributed by atoms with Gasteiger partial charge in [-0.05, 0) is 42.2 Å². The average Bonchev–Trinajstić information content (AvgIpc) is 2.48. The molecule has 0 spiro atoms. The molecule has 1 heterocycles. The van der Waals surface area contributed by atoms with E-state index in [4.69, 9.17) is 5.73 Å². The normalized spacial score (nSPS) is 12.7. The summed E-state index contributed by atoms with van der Waals surface area (Å²) in [5.74, 6) is 0.575. The Morgan fingerprint density at radius 2 is 1.70 bits per heavy atom. The van der Waals surface area contributed by atoms with Crippen LogP contribution in [0.5, 0.6) is 0 Å². The highest BCUT2D eigenvalue weighted by atomic mass is 32.2. The van der Waals surface area contributed by atoms with E-state index in [1.54, 1.807) is 11.8 Å². The molecule has 3 heteroatoms. The fraction of sp³-hybridized carbons (Fsp3) is 0.353. The summed E-state index contributed by atoms with van der Waals surface area (Å²) >= 11 is 1.73. The smallest absolute Gasteiger partial charge is 0.0571 e. The van der Waals surface area contributed by atoms with E-state index in [0.717, 1.165) is 17.0 Å². The van der Waals surface area contributed by atoms with E-state index in [9.17, 15) is 0 Å². The summed E-state index contributed by atoms with van der Waals surface area (Å²) in [4.78, 5) is 6.83. The highest BCUT2D eigenvalue weighted by Crippen LogP contribution is 2.28. The van der Waals surface area contributed by atoms with E-state index in [1.165, 1.54) is 10.5 Å². The molecule has 1 atom stereocenters. The summed E-state index contributed by atoms with van der Waals surface area (Å²) in [5, 5.41) is 0. The molecule has 1 unspecified atom stereocenters. The highest BCUT2D eigenvalue weighted by molar-refractivity contribution is 7.99. The summed E-state index contributed by atoms with van der Waals surface area (Å²) in [6.07, 6.45) is 2.82. The van der Waals surface area contributed by atoms with Gasteiger partial charge in [-0.15, -0.1) is 0 Å². The molecule has 20 heavy (non-hydrogen) atoms. The van der Waals surface area contributed by atoms with Crippen molar-refractivity contribution in [3.05, 3.63) is 53.9 Å². The highest BCUT2D eigenvalue weighted by Gasteiger charge is 2.05. The number of nitrogens with zero attached hydrogens (tertiary/aromatic N) is 1. The largest absolute Gasteiger partial charge is 0.323 e. The zero-order chi connectivity index (χ0) is 14.5. The third-order valence-electron chi connectivity index (χ3n) is 3.36. The molecule has 2 N–H and O–H groups in total. The second kappa shape index (κ2) is 6.91. The van der Waals surface area contributed by atoms with Gasteiger partial charge >= 0.3 is 0 Å². The van der Waals surface area contributed by atoms with E-state index >= 15 is 0 Å². The van der Waals surface area contributed by atoms with Gasteiger partial charge in [0.1, 0.15) is 0 Å². The van der Waals surface area contributed by atoms with Gasteiger partial charge in [-0.1, -0.05) is 44.7 Å². The third kappa shape index (κ3) is 3.84. The molecule has 2 aromatic rings. The first kappa shape index (κ1) is 15.1. The Morgan fingerprint density at radius 1 is 1.05 bits per heavy atom. The minimum atomic E-state index is 0.0411. The van der Waals surface area contributed by atoms with Crippen LogP contribution in [0.4, 0.5) is 0 Å². The molecule has 0 amide bonds. The molecule has 0 aliphatic carbocycles. The minimum Gasteiger partial charge on any atom is -0.323 e. The average molecular weight is 286 g/mol. The number of aromatic nitrogens is 1. The Hall–Kier alpha value is -1.32. The molecule has 0 aliphatic heterocycles. The van der Waals surface area contributed by atoms with E-state index in [0.29, 0.717) is 5.92 Å². The standard InChI is InChI=1S/C17H22N2S/c1-4-16(18)17-10-9-15(11-19-17)20-14-7-5-13(6-8-14)12(2)3/h5-12,16H,4,18H2,1-3H3. The summed E-state index contributed by atoms with van der Waals surface area (Å²) in [6, 6.07) is 12.9. The predicted octanol–water partition coefficient (Wildman–Crippen LogP) is 4.77. The van der Waals surface area contributed by atoms with Crippen molar-refractivity contribution < 1.29 is 0 Å². The van der Waals surface area contributed by atoms with Gasteiger partial charge in [0.25, 0.3) is 0 Å². The van der Waals surface area contributed by atoms with E-state index in [2.05, 4.69) is 56.1 Å². The summed E-state index contributed by atoms with van der Waals surface area (Å²) < 4.78 is 0. The van der Waals surface area contributed by atoms with Crippen molar-refractivity contribution in [3.8, 4) is 0 Å². The Labute approximate surface area is 125 Å². The van der Waals surface area contributed by atoms with Crippen molar-refractivity contribution in [2.45, 2.75) is 48.9 Å². The maximum Gasteiger partial charge on any atom is 0.0571 e. The maximum absolute atomic E-state index is 5.97. The van der Waals surface area contributed by atoms with Crippen molar-refractivity contribution in [1.82, 2.24) is 4.98 Å². The second-order valence-corrected chi connectivity index (χ2v) is 6.41. The summed E-state index contributed by atoms with van der Waals surface area (Å²) in [5.41, 5.74) is 8.31. The lowest BCUT2D eigenvalue weighted by Gasteiger charge is -2.09. The Morgan fingerprint density at radius 3 is 2.20 bits per heavy atom. The van der Waals surface area contributed by atoms with Crippen LogP contribution in [0.15, 0.2) is 52.4 Å². The molecule has 1 aromatic heterocycles. The van der Waals surface area contributed by atoms with Crippen molar-refractivity contribution in [3.63, 3.8) is 0 Å². The molecule has 0 bridgehead atoms. The molecular formula is C17H22N2S. The van der Waals surface area contributed by atoms with Gasteiger partial charge in [-0.3, -0.25) is 4.98 Å². The lowest BCUT2D eigenvalue weighted by molar-refractivity contribution is 0.674. The monoisotopic (exact) mass is 286 g/mol. The third-order valence-corrected chi connectivity index (χ3v) is 4.35. The molecule has 0 aliphatic rings. The molecule has 0 saturated carbocycles. The van der Waals surface area contributed by atoms with Crippen LogP contribution in [0.1, 0.15) is 50.4 Å². The van der Waals surface area contributed by atoms with Crippen LogP contribution in [0.25, 0.3) is 0 Å². The zero-order valence-corrected chi connectivity index (χ0v) is 13.2. The predicted molar refractivity (Wildman–Crippen MR) is 86.1 cm³/mol. The van der Waals surface area contributed by atoms with Gasteiger partial charge in [0, 0.05) is 22.0 Å². The van der Waals surface area contributed by atoms with Gasteiger partial charge in [0.15, 0.2) is 0 Å². The fourth-order valence-electron chi connectivity index (χ4n) is 1.94. The van der Waals surface area contributed by atoms with Crippen LogP contribution in [-0.2, 0) is 0 Å². The van der Waals surface area contributed by atoms with E-state index in [-0.39, 0.29) is 6.04 Å². The molecule has 106 valence electrons.